The summed E-state index contributed by atoms with van der Waals surface area (Å²) in [5.41, 5.74) is 1.85. The molecule has 0 aliphatic heterocycles. The van der Waals surface area contributed by atoms with Crippen molar-refractivity contribution in [3.8, 4) is 11.6 Å². The molecule has 8 heteroatoms. The molecular weight excluding hydrogens is 330 g/mol. The number of nitrogens with one attached hydrogen (secondary N) is 1. The van der Waals surface area contributed by atoms with Crippen LogP contribution in [0.1, 0.15) is 26.5 Å². The van der Waals surface area contributed by atoms with Gasteiger partial charge in [-0.1, -0.05) is 39.0 Å². The summed E-state index contributed by atoms with van der Waals surface area (Å²) in [7, 11) is 3.67. The minimum atomic E-state index is -0.0839. The molecule has 26 heavy (non-hydrogen) atoms. The number of azo groups is 1. The van der Waals surface area contributed by atoms with Gasteiger partial charge in [-0.05, 0) is 12.1 Å². The Morgan fingerprint density at radius 1 is 1.12 bits per heavy atom. The van der Waals surface area contributed by atoms with Gasteiger partial charge in [0.2, 0.25) is 5.88 Å². The van der Waals surface area contributed by atoms with Crippen LogP contribution in [0, 0.1) is 0 Å². The highest BCUT2D eigenvalue weighted by atomic mass is 16.3. The lowest BCUT2D eigenvalue weighted by Crippen LogP contribution is -2.11. The molecule has 8 nitrogen and oxygen atoms in total. The van der Waals surface area contributed by atoms with Crippen LogP contribution in [0.5, 0.6) is 5.88 Å². The summed E-state index contributed by atoms with van der Waals surface area (Å²) < 4.78 is 1.44. The second-order valence-corrected chi connectivity index (χ2v) is 7.23. The Morgan fingerprint density at radius 2 is 1.81 bits per heavy atom. The predicted octanol–water partition coefficient (Wildman–Crippen LogP) is 4.08. The van der Waals surface area contributed by atoms with E-state index < -0.39 is 0 Å². The molecule has 136 valence electrons. The molecule has 0 atom stereocenters. The van der Waals surface area contributed by atoms with Gasteiger partial charge in [0.15, 0.2) is 17.3 Å². The molecule has 1 aromatic carbocycles. The van der Waals surface area contributed by atoms with E-state index in [9.17, 15) is 5.11 Å². The number of benzene rings is 1. The van der Waals surface area contributed by atoms with E-state index in [2.05, 4.69) is 46.3 Å². The molecule has 0 radical (unpaired) electrons. The maximum Gasteiger partial charge on any atom is 0.245 e. The van der Waals surface area contributed by atoms with Crippen LogP contribution in [0.3, 0.4) is 0 Å². The minimum Gasteiger partial charge on any atom is -0.492 e. The Labute approximate surface area is 152 Å². The zero-order valence-corrected chi connectivity index (χ0v) is 15.6. The molecule has 0 spiro atoms. The lowest BCUT2D eigenvalue weighted by Gasteiger charge is -2.13. The number of nitrogens with zero attached hydrogens (tertiary/aromatic N) is 6. The van der Waals surface area contributed by atoms with Crippen LogP contribution in [-0.4, -0.2) is 39.2 Å². The molecule has 0 aliphatic rings. The zero-order chi connectivity index (χ0) is 18.9. The van der Waals surface area contributed by atoms with Crippen LogP contribution in [0.4, 0.5) is 17.3 Å². The number of rotatable bonds is 4. The SMILES string of the molecule is CN(C)c1nn(-c2ccccc2)c(O)c1/N=N/c1cc(C(C)(C)C)n[nH]1. The maximum atomic E-state index is 10.6. The summed E-state index contributed by atoms with van der Waals surface area (Å²) in [6.45, 7) is 6.22. The highest BCUT2D eigenvalue weighted by molar-refractivity contribution is 5.68. The van der Waals surface area contributed by atoms with Gasteiger partial charge in [-0.3, -0.25) is 5.10 Å². The molecule has 0 aliphatic carbocycles. The fourth-order valence-electron chi connectivity index (χ4n) is 2.38. The number of para-hydroxylation sites is 1. The summed E-state index contributed by atoms with van der Waals surface area (Å²) in [5, 5.41) is 30.6. The fourth-order valence-corrected chi connectivity index (χ4v) is 2.38. The molecule has 0 fully saturated rings. The van der Waals surface area contributed by atoms with Crippen molar-refractivity contribution in [3.05, 3.63) is 42.1 Å². The third-order valence-corrected chi connectivity index (χ3v) is 3.83. The van der Waals surface area contributed by atoms with Crippen molar-refractivity contribution in [2.75, 3.05) is 19.0 Å². The van der Waals surface area contributed by atoms with Crippen molar-refractivity contribution < 1.29 is 5.11 Å². The van der Waals surface area contributed by atoms with E-state index in [1.165, 1.54) is 4.68 Å². The number of aromatic amines is 1. The number of hydrogen-bond acceptors (Lipinski definition) is 6. The van der Waals surface area contributed by atoms with Gasteiger partial charge in [0.25, 0.3) is 0 Å². The Morgan fingerprint density at radius 3 is 2.38 bits per heavy atom. The molecule has 2 N–H and O–H groups in total. The highest BCUT2D eigenvalue weighted by Gasteiger charge is 2.21. The standard InChI is InChI=1S/C18H23N7O/c1-18(2,3)13-11-14(20-19-13)21-22-15-16(24(4)5)23-25(17(15)26)12-9-7-6-8-10-12/h6-11,26H,1-5H3,(H,19,20)/b22-21+. The Hall–Kier alpha value is -3.16. The van der Waals surface area contributed by atoms with E-state index in [-0.39, 0.29) is 11.3 Å². The Balaban J connectivity index is 1.99. The van der Waals surface area contributed by atoms with Crippen molar-refractivity contribution in [1.29, 1.82) is 0 Å². The van der Waals surface area contributed by atoms with Crippen LogP contribution in [0.25, 0.3) is 5.69 Å². The summed E-state index contributed by atoms with van der Waals surface area (Å²) in [6, 6.07) is 11.2. The van der Waals surface area contributed by atoms with E-state index in [0.29, 0.717) is 17.3 Å². The molecule has 2 aromatic heterocycles. The second kappa shape index (κ2) is 6.62. The average molecular weight is 353 g/mol. The first-order valence-electron chi connectivity index (χ1n) is 8.29. The van der Waals surface area contributed by atoms with Gasteiger partial charge in [-0.15, -0.1) is 15.3 Å². The second-order valence-electron chi connectivity index (χ2n) is 7.23. The number of aromatic nitrogens is 4. The Bertz CT molecular complexity index is 917. The number of hydrogen-bond donors (Lipinski definition) is 2. The zero-order valence-electron chi connectivity index (χ0n) is 15.6. The lowest BCUT2D eigenvalue weighted by atomic mass is 9.92. The van der Waals surface area contributed by atoms with Gasteiger partial charge >= 0.3 is 0 Å². The lowest BCUT2D eigenvalue weighted by molar-refractivity contribution is 0.434. The van der Waals surface area contributed by atoms with Crippen molar-refractivity contribution in [3.63, 3.8) is 0 Å². The molecule has 3 aromatic rings. The fraction of sp³-hybridized carbons (Fsp3) is 0.333. The average Bonchev–Trinajstić information content (AvgIpc) is 3.18. The largest absolute Gasteiger partial charge is 0.492 e. The van der Waals surface area contributed by atoms with Crippen molar-refractivity contribution in [1.82, 2.24) is 20.0 Å². The van der Waals surface area contributed by atoms with Crippen molar-refractivity contribution >= 4 is 17.3 Å². The van der Waals surface area contributed by atoms with Gasteiger partial charge < -0.3 is 10.0 Å². The number of anilines is 1. The first-order valence-corrected chi connectivity index (χ1v) is 8.29. The topological polar surface area (TPSA) is 94.7 Å². The number of aromatic hydroxyl groups is 1. The molecule has 0 saturated heterocycles. The predicted molar refractivity (Wildman–Crippen MR) is 101 cm³/mol. The highest BCUT2D eigenvalue weighted by Crippen LogP contribution is 2.38. The summed E-state index contributed by atoms with van der Waals surface area (Å²) in [5.74, 6) is 0.969. The van der Waals surface area contributed by atoms with Crippen LogP contribution in [0.15, 0.2) is 46.6 Å². The van der Waals surface area contributed by atoms with E-state index >= 15 is 0 Å². The maximum absolute atomic E-state index is 10.6. The summed E-state index contributed by atoms with van der Waals surface area (Å²) in [6.07, 6.45) is 0. The third kappa shape index (κ3) is 3.44. The third-order valence-electron chi connectivity index (χ3n) is 3.83. The molecule has 0 bridgehead atoms. The smallest absolute Gasteiger partial charge is 0.245 e. The molecule has 0 amide bonds. The van der Waals surface area contributed by atoms with E-state index in [0.717, 1.165) is 11.4 Å². The van der Waals surface area contributed by atoms with E-state index in [4.69, 9.17) is 0 Å². The summed E-state index contributed by atoms with van der Waals surface area (Å²) >= 11 is 0. The van der Waals surface area contributed by atoms with Gasteiger partial charge in [0.1, 0.15) is 0 Å². The van der Waals surface area contributed by atoms with Gasteiger partial charge in [0, 0.05) is 25.6 Å². The van der Waals surface area contributed by atoms with Crippen LogP contribution in [-0.2, 0) is 5.41 Å². The monoisotopic (exact) mass is 353 g/mol. The van der Waals surface area contributed by atoms with Gasteiger partial charge in [0.05, 0.1) is 11.4 Å². The van der Waals surface area contributed by atoms with Crippen molar-refractivity contribution in [2.24, 2.45) is 10.2 Å². The molecule has 2 heterocycles. The minimum absolute atomic E-state index is 0.0702. The molecule has 3 rings (SSSR count). The normalized spacial score (nSPS) is 12.0. The molecular formula is C18H23N7O. The summed E-state index contributed by atoms with van der Waals surface area (Å²) in [4.78, 5) is 1.78. The molecule has 0 unspecified atom stereocenters. The quantitative estimate of drug-likeness (QED) is 0.691. The van der Waals surface area contributed by atoms with Gasteiger partial charge in [-0.25, -0.2) is 0 Å². The first kappa shape index (κ1) is 17.7. The Kier molecular flexibility index (Phi) is 4.50. The number of H-pyrrole nitrogens is 1. The van der Waals surface area contributed by atoms with Gasteiger partial charge in [-0.2, -0.15) is 9.78 Å². The van der Waals surface area contributed by atoms with Crippen molar-refractivity contribution in [2.45, 2.75) is 26.2 Å². The molecule has 0 saturated carbocycles. The van der Waals surface area contributed by atoms with Crippen LogP contribution in [0.2, 0.25) is 0 Å². The van der Waals surface area contributed by atoms with E-state index in [1.54, 1.807) is 4.90 Å². The van der Waals surface area contributed by atoms with E-state index in [1.807, 2.05) is 50.5 Å². The van der Waals surface area contributed by atoms with Crippen LogP contribution < -0.4 is 4.90 Å². The first-order chi connectivity index (χ1) is 12.3. The van der Waals surface area contributed by atoms with Crippen LogP contribution >= 0.6 is 0 Å².